The van der Waals surface area contributed by atoms with E-state index in [0.717, 1.165) is 37.2 Å². The summed E-state index contributed by atoms with van der Waals surface area (Å²) >= 11 is 1.37. The molecule has 156 valence electrons. The SMILES string of the molecule is CC(C)c1ccccc1-n1c(S[C@@H](C)C(=O)N2CCCC2)nc2ccccc2c1=O. The van der Waals surface area contributed by atoms with Gasteiger partial charge in [0.1, 0.15) is 0 Å². The normalized spacial score (nSPS) is 15.1. The summed E-state index contributed by atoms with van der Waals surface area (Å²) in [5.74, 6) is 0.365. The van der Waals surface area contributed by atoms with Gasteiger partial charge in [-0.1, -0.05) is 55.9 Å². The number of likely N-dealkylation sites (tertiary alicyclic amines) is 1. The van der Waals surface area contributed by atoms with Crippen molar-refractivity contribution < 1.29 is 4.79 Å². The van der Waals surface area contributed by atoms with Crippen molar-refractivity contribution in [1.82, 2.24) is 14.5 Å². The molecule has 1 aromatic heterocycles. The summed E-state index contributed by atoms with van der Waals surface area (Å²) in [5, 5.41) is 0.833. The van der Waals surface area contributed by atoms with Crippen molar-refractivity contribution in [3.8, 4) is 5.69 Å². The second kappa shape index (κ2) is 8.64. The second-order valence-corrected chi connectivity index (χ2v) is 9.37. The average molecular weight is 422 g/mol. The Hall–Kier alpha value is -2.60. The third kappa shape index (κ3) is 3.88. The van der Waals surface area contributed by atoms with Crippen LogP contribution in [0.2, 0.25) is 0 Å². The van der Waals surface area contributed by atoms with Crippen LogP contribution in [0.15, 0.2) is 58.5 Å². The van der Waals surface area contributed by atoms with Crippen LogP contribution in [-0.2, 0) is 4.79 Å². The van der Waals surface area contributed by atoms with Crippen LogP contribution in [-0.4, -0.2) is 38.7 Å². The first-order chi connectivity index (χ1) is 14.5. The van der Waals surface area contributed by atoms with Crippen molar-refractivity contribution in [2.45, 2.75) is 49.9 Å². The molecule has 0 saturated carbocycles. The van der Waals surface area contributed by atoms with Crippen molar-refractivity contribution in [3.63, 3.8) is 0 Å². The monoisotopic (exact) mass is 421 g/mol. The van der Waals surface area contributed by atoms with Crippen LogP contribution in [0.3, 0.4) is 0 Å². The van der Waals surface area contributed by atoms with E-state index < -0.39 is 0 Å². The summed E-state index contributed by atoms with van der Waals surface area (Å²) in [6, 6.07) is 15.4. The highest BCUT2D eigenvalue weighted by Gasteiger charge is 2.26. The minimum absolute atomic E-state index is 0.1000. The van der Waals surface area contributed by atoms with Gasteiger partial charge in [-0.05, 0) is 49.4 Å². The fraction of sp³-hybridized carbons (Fsp3) is 0.375. The van der Waals surface area contributed by atoms with E-state index in [1.54, 1.807) is 4.57 Å². The van der Waals surface area contributed by atoms with Gasteiger partial charge in [0.25, 0.3) is 5.56 Å². The van der Waals surface area contributed by atoms with E-state index in [1.165, 1.54) is 11.8 Å². The molecule has 4 rings (SSSR count). The standard InChI is InChI=1S/C24H27N3O2S/c1-16(2)18-10-5-7-13-21(18)27-23(29)19-11-4-6-12-20(19)25-24(27)30-17(3)22(28)26-14-8-9-15-26/h4-7,10-13,16-17H,8-9,14-15H2,1-3H3/t17-/m0/s1. The molecule has 30 heavy (non-hydrogen) atoms. The van der Waals surface area contributed by atoms with Crippen LogP contribution in [0.4, 0.5) is 0 Å². The molecule has 2 heterocycles. The van der Waals surface area contributed by atoms with Crippen molar-refractivity contribution >= 4 is 28.6 Å². The van der Waals surface area contributed by atoms with Gasteiger partial charge in [0, 0.05) is 13.1 Å². The maximum atomic E-state index is 13.5. The lowest BCUT2D eigenvalue weighted by Gasteiger charge is -2.22. The molecule has 0 aliphatic carbocycles. The van der Waals surface area contributed by atoms with Gasteiger partial charge in [0.05, 0.1) is 21.8 Å². The van der Waals surface area contributed by atoms with Crippen LogP contribution in [0, 0.1) is 0 Å². The van der Waals surface area contributed by atoms with Crippen molar-refractivity contribution in [2.24, 2.45) is 0 Å². The van der Waals surface area contributed by atoms with Crippen LogP contribution < -0.4 is 5.56 Å². The number of carbonyl (C=O) groups is 1. The van der Waals surface area contributed by atoms with Crippen LogP contribution >= 0.6 is 11.8 Å². The Morgan fingerprint density at radius 2 is 1.67 bits per heavy atom. The van der Waals surface area contributed by atoms with E-state index in [1.807, 2.05) is 54.3 Å². The molecular weight excluding hydrogens is 394 g/mol. The highest BCUT2D eigenvalue weighted by molar-refractivity contribution is 8.00. The van der Waals surface area contributed by atoms with Crippen LogP contribution in [0.1, 0.15) is 45.1 Å². The Morgan fingerprint density at radius 1 is 1.00 bits per heavy atom. The predicted molar refractivity (Wildman–Crippen MR) is 123 cm³/mol. The van der Waals surface area contributed by atoms with E-state index >= 15 is 0 Å². The summed E-state index contributed by atoms with van der Waals surface area (Å²) < 4.78 is 1.69. The van der Waals surface area contributed by atoms with Gasteiger partial charge in [-0.3, -0.25) is 14.2 Å². The fourth-order valence-electron chi connectivity index (χ4n) is 3.99. The van der Waals surface area contributed by atoms with Crippen molar-refractivity contribution in [2.75, 3.05) is 13.1 Å². The molecule has 1 saturated heterocycles. The smallest absolute Gasteiger partial charge is 0.266 e. The number of benzene rings is 2. The Kier molecular flexibility index (Phi) is 5.95. The first kappa shape index (κ1) is 20.7. The van der Waals surface area contributed by atoms with Crippen LogP contribution in [0.5, 0.6) is 0 Å². The quantitative estimate of drug-likeness (QED) is 0.446. The zero-order chi connectivity index (χ0) is 21.3. The molecule has 0 N–H and O–H groups in total. The number of amides is 1. The summed E-state index contributed by atoms with van der Waals surface area (Å²) in [6.45, 7) is 7.77. The minimum atomic E-state index is -0.311. The number of nitrogens with zero attached hydrogens (tertiary/aromatic N) is 3. The maximum Gasteiger partial charge on any atom is 0.266 e. The number of aromatic nitrogens is 2. The number of carbonyl (C=O) groups excluding carboxylic acids is 1. The first-order valence-corrected chi connectivity index (χ1v) is 11.4. The van der Waals surface area contributed by atoms with Gasteiger partial charge in [0.15, 0.2) is 5.16 Å². The van der Waals surface area contributed by atoms with Gasteiger partial charge in [0.2, 0.25) is 5.91 Å². The molecule has 3 aromatic rings. The minimum Gasteiger partial charge on any atom is -0.342 e. The third-order valence-corrected chi connectivity index (χ3v) is 6.63. The molecule has 2 aromatic carbocycles. The molecule has 1 aliphatic rings. The Labute approximate surface area is 181 Å². The largest absolute Gasteiger partial charge is 0.342 e. The summed E-state index contributed by atoms with van der Waals surface area (Å²) in [5.41, 5.74) is 2.47. The van der Waals surface area contributed by atoms with E-state index in [2.05, 4.69) is 19.9 Å². The van der Waals surface area contributed by atoms with Gasteiger partial charge in [-0.15, -0.1) is 0 Å². The Balaban J connectivity index is 1.85. The number of para-hydroxylation sites is 2. The van der Waals surface area contributed by atoms with E-state index in [-0.39, 0.29) is 22.6 Å². The molecule has 1 atom stereocenters. The van der Waals surface area contributed by atoms with Gasteiger partial charge in [-0.25, -0.2) is 4.98 Å². The molecule has 1 aliphatic heterocycles. The molecule has 5 nitrogen and oxygen atoms in total. The lowest BCUT2D eigenvalue weighted by molar-refractivity contribution is -0.129. The number of hydrogen-bond donors (Lipinski definition) is 0. The van der Waals surface area contributed by atoms with Crippen molar-refractivity contribution in [1.29, 1.82) is 0 Å². The molecule has 1 fully saturated rings. The van der Waals surface area contributed by atoms with Crippen molar-refractivity contribution in [3.05, 3.63) is 64.4 Å². The highest BCUT2D eigenvalue weighted by atomic mass is 32.2. The number of rotatable bonds is 5. The Bertz CT molecular complexity index is 1130. The molecule has 0 radical (unpaired) electrons. The summed E-state index contributed by atoms with van der Waals surface area (Å²) in [6.07, 6.45) is 2.12. The van der Waals surface area contributed by atoms with E-state index in [9.17, 15) is 9.59 Å². The number of thioether (sulfide) groups is 1. The Morgan fingerprint density at radius 3 is 2.40 bits per heavy atom. The molecule has 6 heteroatoms. The van der Waals surface area contributed by atoms with Gasteiger partial charge in [-0.2, -0.15) is 0 Å². The zero-order valence-corrected chi connectivity index (χ0v) is 18.5. The van der Waals surface area contributed by atoms with E-state index in [0.29, 0.717) is 16.1 Å². The number of fused-ring (bicyclic) bond motifs is 1. The first-order valence-electron chi connectivity index (χ1n) is 10.5. The fourth-order valence-corrected chi connectivity index (χ4v) is 4.99. The maximum absolute atomic E-state index is 13.5. The van der Waals surface area contributed by atoms with Gasteiger partial charge >= 0.3 is 0 Å². The predicted octanol–water partition coefficient (Wildman–Crippen LogP) is 4.61. The summed E-state index contributed by atoms with van der Waals surface area (Å²) in [4.78, 5) is 33.2. The molecule has 0 spiro atoms. The molecule has 0 unspecified atom stereocenters. The van der Waals surface area contributed by atoms with Crippen LogP contribution in [0.25, 0.3) is 16.6 Å². The summed E-state index contributed by atoms with van der Waals surface area (Å²) in [7, 11) is 0. The second-order valence-electron chi connectivity index (χ2n) is 8.06. The molecule has 0 bridgehead atoms. The molecule has 1 amide bonds. The van der Waals surface area contributed by atoms with E-state index in [4.69, 9.17) is 4.98 Å². The topological polar surface area (TPSA) is 55.2 Å². The lowest BCUT2D eigenvalue weighted by atomic mass is 10.0. The lowest BCUT2D eigenvalue weighted by Crippen LogP contribution is -2.34. The average Bonchev–Trinajstić information content (AvgIpc) is 3.28. The zero-order valence-electron chi connectivity index (χ0n) is 17.7. The highest BCUT2D eigenvalue weighted by Crippen LogP contribution is 2.30. The van der Waals surface area contributed by atoms with Gasteiger partial charge < -0.3 is 4.90 Å². The third-order valence-electron chi connectivity index (χ3n) is 5.59. The molecular formula is C24H27N3O2S. The number of hydrogen-bond acceptors (Lipinski definition) is 4.